The normalized spacial score (nSPS) is 28.7. The highest BCUT2D eigenvalue weighted by Gasteiger charge is 2.49. The van der Waals surface area contributed by atoms with Crippen LogP contribution in [-0.4, -0.2) is 72.7 Å². The number of rotatable bonds is 5. The zero-order valence-corrected chi connectivity index (χ0v) is 12.3. The smallest absolute Gasteiger partial charge is 0.311 e. The Balaban J connectivity index is 1.62. The van der Waals surface area contributed by atoms with E-state index in [4.69, 9.17) is 9.39 Å². The van der Waals surface area contributed by atoms with E-state index in [1.54, 1.807) is 0 Å². The predicted molar refractivity (Wildman–Crippen MR) is 69.3 cm³/mol. The molecule has 3 heterocycles. The topological polar surface area (TPSA) is 138 Å². The third-order valence-electron chi connectivity index (χ3n) is 3.87. The Kier molecular flexibility index (Phi) is 3.94. The van der Waals surface area contributed by atoms with E-state index < -0.39 is 34.4 Å². The van der Waals surface area contributed by atoms with Crippen molar-refractivity contribution in [2.45, 2.75) is 31.0 Å². The largest absolute Gasteiger partial charge is 0.418 e. The van der Waals surface area contributed by atoms with Crippen molar-refractivity contribution in [2.24, 2.45) is 0 Å². The molecule has 2 atom stereocenters. The summed E-state index contributed by atoms with van der Waals surface area (Å²) < 4.78 is 34.5. The minimum absolute atomic E-state index is 0.0890. The molecular weight excluding hydrogens is 320 g/mol. The van der Waals surface area contributed by atoms with Crippen molar-refractivity contribution >= 4 is 22.3 Å². The Morgan fingerprint density at radius 2 is 2.09 bits per heavy atom. The van der Waals surface area contributed by atoms with Gasteiger partial charge in [0.15, 0.2) is 0 Å². The zero-order chi connectivity index (χ0) is 15.9. The van der Waals surface area contributed by atoms with E-state index in [9.17, 15) is 18.0 Å². The van der Waals surface area contributed by atoms with Crippen LogP contribution >= 0.6 is 0 Å². The first-order valence-electron chi connectivity index (χ1n) is 6.78. The van der Waals surface area contributed by atoms with Crippen LogP contribution < -0.4 is 10.8 Å². The molecule has 0 aromatic heterocycles. The molecule has 3 N–H and O–H groups in total. The lowest BCUT2D eigenvalue weighted by Gasteiger charge is -2.31. The van der Waals surface area contributed by atoms with Crippen LogP contribution in [0.1, 0.15) is 12.8 Å². The molecule has 0 radical (unpaired) electrons. The lowest BCUT2D eigenvalue weighted by atomic mass is 10.0. The second kappa shape index (κ2) is 5.62. The van der Waals surface area contributed by atoms with Crippen LogP contribution in [0.15, 0.2) is 0 Å². The van der Waals surface area contributed by atoms with Crippen molar-refractivity contribution in [3.8, 4) is 0 Å². The zero-order valence-electron chi connectivity index (χ0n) is 11.5. The van der Waals surface area contributed by atoms with Gasteiger partial charge in [-0.3, -0.25) is 14.2 Å². The van der Waals surface area contributed by atoms with Gasteiger partial charge in [-0.1, -0.05) is 0 Å². The Hall–Kier alpha value is -1.47. The number of carbonyl (C=O) groups excluding carboxylic acids is 2. The fourth-order valence-electron chi connectivity index (χ4n) is 2.66. The fraction of sp³-hybridized carbons (Fsp3) is 0.800. The third kappa shape index (κ3) is 3.01. The molecule has 2 bridgehead atoms. The van der Waals surface area contributed by atoms with Gasteiger partial charge in [-0.15, -0.1) is 4.28 Å². The summed E-state index contributed by atoms with van der Waals surface area (Å²) in [4.78, 5) is 30.6. The van der Waals surface area contributed by atoms with Gasteiger partial charge in [-0.05, 0) is 12.8 Å². The van der Waals surface area contributed by atoms with E-state index >= 15 is 0 Å². The van der Waals surface area contributed by atoms with Crippen molar-refractivity contribution in [1.82, 2.24) is 20.8 Å². The number of piperidine rings is 1. The molecule has 22 heavy (non-hydrogen) atoms. The van der Waals surface area contributed by atoms with E-state index in [1.165, 1.54) is 4.90 Å². The molecule has 0 spiro atoms. The highest BCUT2D eigenvalue weighted by molar-refractivity contribution is 7.80. The summed E-state index contributed by atoms with van der Waals surface area (Å²) >= 11 is 0. The van der Waals surface area contributed by atoms with Gasteiger partial charge in [0.2, 0.25) is 0 Å². The van der Waals surface area contributed by atoms with Gasteiger partial charge in [0.1, 0.15) is 12.1 Å². The van der Waals surface area contributed by atoms with Crippen LogP contribution in [0.25, 0.3) is 0 Å². The number of hydrogen-bond donors (Lipinski definition) is 3. The number of nitrogens with one attached hydrogen (secondary N) is 2. The van der Waals surface area contributed by atoms with Gasteiger partial charge in [0.25, 0.3) is 5.91 Å². The standard InChI is InChI=1S/C10H16N4O7S/c15-9(12-20-7-3-11-4-7)8-2-1-6-5-13(8)10(16)14(6)21-22(17,18)19/h6-8,11H,1-5H2,(H,12,15)(H,17,18,19). The van der Waals surface area contributed by atoms with Crippen LogP contribution in [0.3, 0.4) is 0 Å². The molecule has 0 aliphatic carbocycles. The van der Waals surface area contributed by atoms with Gasteiger partial charge in [-0.2, -0.15) is 13.5 Å². The molecule has 3 aliphatic heterocycles. The molecule has 3 aliphatic rings. The molecule has 124 valence electrons. The first kappa shape index (κ1) is 15.4. The summed E-state index contributed by atoms with van der Waals surface area (Å²) in [7, 11) is -4.79. The van der Waals surface area contributed by atoms with E-state index in [-0.39, 0.29) is 12.6 Å². The second-order valence-electron chi connectivity index (χ2n) is 5.37. The molecule has 3 saturated heterocycles. The van der Waals surface area contributed by atoms with Gasteiger partial charge in [0.05, 0.1) is 6.04 Å². The summed E-state index contributed by atoms with van der Waals surface area (Å²) in [5.74, 6) is -0.465. The van der Waals surface area contributed by atoms with Crippen molar-refractivity contribution in [1.29, 1.82) is 0 Å². The summed E-state index contributed by atoms with van der Waals surface area (Å²) in [6, 6.07) is -2.05. The van der Waals surface area contributed by atoms with E-state index in [0.29, 0.717) is 31.0 Å². The van der Waals surface area contributed by atoms with Crippen molar-refractivity contribution < 1.29 is 31.7 Å². The van der Waals surface area contributed by atoms with Gasteiger partial charge in [-0.25, -0.2) is 10.3 Å². The first-order valence-corrected chi connectivity index (χ1v) is 8.15. The Morgan fingerprint density at radius 3 is 2.68 bits per heavy atom. The molecule has 12 heteroatoms. The fourth-order valence-corrected chi connectivity index (χ4v) is 3.05. The summed E-state index contributed by atoms with van der Waals surface area (Å²) in [6.07, 6.45) is 0.634. The minimum Gasteiger partial charge on any atom is -0.311 e. The lowest BCUT2D eigenvalue weighted by molar-refractivity contribution is -0.146. The molecule has 11 nitrogen and oxygen atoms in total. The van der Waals surface area contributed by atoms with E-state index in [0.717, 1.165) is 0 Å². The SMILES string of the molecule is O=C(NOC1CNC1)C1CCC2CN1C(=O)N2OS(=O)(=O)O. The minimum atomic E-state index is -4.79. The molecule has 3 amide bonds. The Labute approximate surface area is 126 Å². The number of nitrogens with zero attached hydrogens (tertiary/aromatic N) is 2. The lowest BCUT2D eigenvalue weighted by Crippen LogP contribution is -2.55. The molecule has 0 aromatic rings. The predicted octanol–water partition coefficient (Wildman–Crippen LogP) is -1.99. The molecule has 3 rings (SSSR count). The average Bonchev–Trinajstić information content (AvgIpc) is 2.61. The van der Waals surface area contributed by atoms with Gasteiger partial charge < -0.3 is 10.2 Å². The maximum atomic E-state index is 12.1. The number of hydroxylamine groups is 3. The monoisotopic (exact) mass is 336 g/mol. The number of carbonyl (C=O) groups is 2. The number of urea groups is 1. The summed E-state index contributed by atoms with van der Waals surface area (Å²) in [5, 5.41) is 3.58. The number of amides is 3. The van der Waals surface area contributed by atoms with Crippen LogP contribution in [0.4, 0.5) is 4.79 Å². The summed E-state index contributed by atoms with van der Waals surface area (Å²) in [5.41, 5.74) is 2.32. The average molecular weight is 336 g/mol. The van der Waals surface area contributed by atoms with Gasteiger partial charge in [0, 0.05) is 19.6 Å². The molecule has 0 saturated carbocycles. The van der Waals surface area contributed by atoms with Crippen LogP contribution in [0, 0.1) is 0 Å². The second-order valence-corrected chi connectivity index (χ2v) is 6.38. The third-order valence-corrected chi connectivity index (χ3v) is 4.22. The highest BCUT2D eigenvalue weighted by atomic mass is 32.3. The van der Waals surface area contributed by atoms with Crippen LogP contribution in [0.2, 0.25) is 0 Å². The Bertz CT molecular complexity index is 578. The first-order chi connectivity index (χ1) is 10.3. The van der Waals surface area contributed by atoms with Crippen molar-refractivity contribution in [3.63, 3.8) is 0 Å². The maximum Gasteiger partial charge on any atom is 0.418 e. The molecule has 3 fully saturated rings. The van der Waals surface area contributed by atoms with E-state index in [2.05, 4.69) is 15.1 Å². The molecular formula is C10H16N4O7S. The molecule has 2 unspecified atom stereocenters. The number of hydrogen-bond acceptors (Lipinski definition) is 7. The maximum absolute atomic E-state index is 12.1. The quantitative estimate of drug-likeness (QED) is 0.387. The highest BCUT2D eigenvalue weighted by Crippen LogP contribution is 2.30. The summed E-state index contributed by atoms with van der Waals surface area (Å²) in [6.45, 7) is 1.44. The molecule has 0 aromatic carbocycles. The van der Waals surface area contributed by atoms with E-state index in [1.807, 2.05) is 0 Å². The Morgan fingerprint density at radius 1 is 1.36 bits per heavy atom. The van der Waals surface area contributed by atoms with Gasteiger partial charge >= 0.3 is 16.4 Å². The van der Waals surface area contributed by atoms with Crippen LogP contribution in [-0.2, 0) is 24.3 Å². The number of fused-ring (bicyclic) bond motifs is 2. The van der Waals surface area contributed by atoms with Crippen LogP contribution in [0.5, 0.6) is 0 Å². The van der Waals surface area contributed by atoms with Crippen molar-refractivity contribution in [3.05, 3.63) is 0 Å². The van der Waals surface area contributed by atoms with Crippen molar-refractivity contribution in [2.75, 3.05) is 19.6 Å².